The molecule has 1 aliphatic carbocycles. The molecule has 2 heterocycles. The summed E-state index contributed by atoms with van der Waals surface area (Å²) in [6, 6.07) is 1.72. The van der Waals surface area contributed by atoms with Crippen LogP contribution in [-0.2, 0) is 4.79 Å². The smallest absolute Gasteiger partial charge is 0.224 e. The molecule has 4 heteroatoms. The predicted octanol–water partition coefficient (Wildman–Crippen LogP) is 1.12. The van der Waals surface area contributed by atoms with Crippen molar-refractivity contribution in [2.75, 3.05) is 20.1 Å². The number of carbonyl (C=O) groups excluding carboxylic acids is 1. The molecule has 2 N–H and O–H groups in total. The number of likely N-dealkylation sites (N-methyl/N-ethyl adjacent to an activating group) is 1. The lowest BCUT2D eigenvalue weighted by atomic mass is 9.88. The van der Waals surface area contributed by atoms with Crippen molar-refractivity contribution in [2.24, 2.45) is 5.92 Å². The second kappa shape index (κ2) is 5.80. The summed E-state index contributed by atoms with van der Waals surface area (Å²) in [6.07, 6.45) is 8.74. The van der Waals surface area contributed by atoms with Gasteiger partial charge in [-0.15, -0.1) is 0 Å². The highest BCUT2D eigenvalue weighted by Crippen LogP contribution is 2.32. The van der Waals surface area contributed by atoms with E-state index in [1.807, 2.05) is 11.9 Å². The molecular weight excluding hydrogens is 238 g/mol. The van der Waals surface area contributed by atoms with Crippen LogP contribution in [0.4, 0.5) is 0 Å². The largest absolute Gasteiger partial charge is 0.344 e. The molecule has 4 nitrogen and oxygen atoms in total. The van der Waals surface area contributed by atoms with Gasteiger partial charge in [-0.25, -0.2) is 0 Å². The summed E-state index contributed by atoms with van der Waals surface area (Å²) in [5.41, 5.74) is 0. The quantitative estimate of drug-likeness (QED) is 0.804. The van der Waals surface area contributed by atoms with E-state index < -0.39 is 0 Å². The number of amides is 1. The first-order valence-electron chi connectivity index (χ1n) is 7.97. The Bertz CT molecular complexity index is 327. The summed E-state index contributed by atoms with van der Waals surface area (Å²) in [7, 11) is 1.92. The maximum absolute atomic E-state index is 11.6. The van der Waals surface area contributed by atoms with Crippen LogP contribution in [0, 0.1) is 5.92 Å². The summed E-state index contributed by atoms with van der Waals surface area (Å²) in [6.45, 7) is 2.08. The van der Waals surface area contributed by atoms with Crippen LogP contribution in [-0.4, -0.2) is 49.1 Å². The average molecular weight is 265 g/mol. The van der Waals surface area contributed by atoms with Gasteiger partial charge in [0.05, 0.1) is 0 Å². The number of carbonyl (C=O) groups is 1. The molecule has 4 unspecified atom stereocenters. The Morgan fingerprint density at radius 3 is 2.79 bits per heavy atom. The number of likely N-dealkylation sites (tertiary alicyclic amines) is 1. The molecule has 108 valence electrons. The van der Waals surface area contributed by atoms with E-state index in [-0.39, 0.29) is 0 Å². The molecule has 19 heavy (non-hydrogen) atoms. The van der Waals surface area contributed by atoms with Crippen LogP contribution >= 0.6 is 0 Å². The van der Waals surface area contributed by atoms with Crippen molar-refractivity contribution < 1.29 is 4.79 Å². The van der Waals surface area contributed by atoms with E-state index in [0.29, 0.717) is 30.5 Å². The zero-order valence-electron chi connectivity index (χ0n) is 12.0. The standard InChI is InChI=1S/C15H27N3O/c1-18-10-11(9-15(18)19)17-14-7-4-5-12(14)13-6-2-3-8-16-13/h11-14,16-17H,2-10H2,1H3. The van der Waals surface area contributed by atoms with Crippen LogP contribution in [0.15, 0.2) is 0 Å². The molecule has 1 amide bonds. The van der Waals surface area contributed by atoms with Gasteiger partial charge in [-0.1, -0.05) is 12.8 Å². The highest BCUT2D eigenvalue weighted by Gasteiger charge is 2.37. The fraction of sp³-hybridized carbons (Fsp3) is 0.933. The molecule has 0 bridgehead atoms. The molecule has 0 spiro atoms. The Kier molecular flexibility index (Phi) is 4.08. The van der Waals surface area contributed by atoms with Crippen molar-refractivity contribution in [3.63, 3.8) is 0 Å². The van der Waals surface area contributed by atoms with Gasteiger partial charge in [0.25, 0.3) is 0 Å². The van der Waals surface area contributed by atoms with Crippen molar-refractivity contribution in [3.05, 3.63) is 0 Å². The molecule has 3 fully saturated rings. The van der Waals surface area contributed by atoms with Crippen molar-refractivity contribution in [1.82, 2.24) is 15.5 Å². The highest BCUT2D eigenvalue weighted by molar-refractivity contribution is 5.78. The van der Waals surface area contributed by atoms with Crippen LogP contribution in [0.2, 0.25) is 0 Å². The number of piperidine rings is 1. The third-order valence-electron chi connectivity index (χ3n) is 5.23. The first-order chi connectivity index (χ1) is 9.24. The van der Waals surface area contributed by atoms with E-state index in [2.05, 4.69) is 10.6 Å². The van der Waals surface area contributed by atoms with Crippen molar-refractivity contribution in [3.8, 4) is 0 Å². The Labute approximate surface area is 116 Å². The van der Waals surface area contributed by atoms with Crippen LogP contribution in [0.25, 0.3) is 0 Å². The fourth-order valence-electron chi connectivity index (χ4n) is 4.20. The first-order valence-corrected chi connectivity index (χ1v) is 7.97. The van der Waals surface area contributed by atoms with Gasteiger partial charge in [0.2, 0.25) is 5.91 Å². The molecule has 3 rings (SSSR count). The lowest BCUT2D eigenvalue weighted by molar-refractivity contribution is -0.126. The molecule has 1 saturated carbocycles. The monoisotopic (exact) mass is 265 g/mol. The van der Waals surface area contributed by atoms with E-state index in [9.17, 15) is 4.79 Å². The normalized spacial score (nSPS) is 40.1. The molecule has 2 aliphatic heterocycles. The lowest BCUT2D eigenvalue weighted by Crippen LogP contribution is -2.49. The number of nitrogens with one attached hydrogen (secondary N) is 2. The maximum Gasteiger partial charge on any atom is 0.224 e. The van der Waals surface area contributed by atoms with Crippen molar-refractivity contribution in [1.29, 1.82) is 0 Å². The van der Waals surface area contributed by atoms with Crippen LogP contribution in [0.3, 0.4) is 0 Å². The summed E-state index contributed by atoms with van der Waals surface area (Å²) in [4.78, 5) is 13.5. The minimum absolute atomic E-state index is 0.294. The fourth-order valence-corrected chi connectivity index (χ4v) is 4.20. The summed E-state index contributed by atoms with van der Waals surface area (Å²) < 4.78 is 0. The first kappa shape index (κ1) is 13.4. The molecule has 0 radical (unpaired) electrons. The third-order valence-corrected chi connectivity index (χ3v) is 5.23. The molecule has 0 aromatic rings. The molecule has 3 aliphatic rings. The zero-order chi connectivity index (χ0) is 13.2. The van der Waals surface area contributed by atoms with E-state index in [1.165, 1.54) is 45.1 Å². The molecular formula is C15H27N3O. The molecule has 0 aromatic heterocycles. The molecule has 4 atom stereocenters. The van der Waals surface area contributed by atoms with Crippen LogP contribution in [0.5, 0.6) is 0 Å². The summed E-state index contributed by atoms with van der Waals surface area (Å²) in [5.74, 6) is 1.07. The van der Waals surface area contributed by atoms with Gasteiger partial charge >= 0.3 is 0 Å². The topological polar surface area (TPSA) is 44.4 Å². The average Bonchev–Trinajstić information content (AvgIpc) is 2.99. The zero-order valence-corrected chi connectivity index (χ0v) is 12.0. The van der Waals surface area contributed by atoms with E-state index in [1.54, 1.807) is 0 Å². The second-order valence-corrected chi connectivity index (χ2v) is 6.60. The lowest BCUT2D eigenvalue weighted by Gasteiger charge is -2.34. The maximum atomic E-state index is 11.6. The van der Waals surface area contributed by atoms with Crippen molar-refractivity contribution >= 4 is 5.91 Å². The minimum atomic E-state index is 0.294. The van der Waals surface area contributed by atoms with Gasteiger partial charge < -0.3 is 15.5 Å². The van der Waals surface area contributed by atoms with Gasteiger partial charge in [-0.2, -0.15) is 0 Å². The predicted molar refractivity (Wildman–Crippen MR) is 75.9 cm³/mol. The number of nitrogens with zero attached hydrogens (tertiary/aromatic N) is 1. The van der Waals surface area contributed by atoms with Gasteiger partial charge in [0, 0.05) is 38.1 Å². The summed E-state index contributed by atoms with van der Waals surface area (Å²) >= 11 is 0. The number of hydrogen-bond donors (Lipinski definition) is 2. The number of hydrogen-bond acceptors (Lipinski definition) is 3. The van der Waals surface area contributed by atoms with Gasteiger partial charge in [0.1, 0.15) is 0 Å². The van der Waals surface area contributed by atoms with Crippen LogP contribution < -0.4 is 10.6 Å². The molecule has 2 saturated heterocycles. The minimum Gasteiger partial charge on any atom is -0.344 e. The SMILES string of the molecule is CN1CC(NC2CCCC2C2CCCCN2)CC1=O. The third kappa shape index (κ3) is 2.95. The Morgan fingerprint density at radius 2 is 2.11 bits per heavy atom. The van der Waals surface area contributed by atoms with Gasteiger partial charge in [-0.05, 0) is 38.1 Å². The number of rotatable bonds is 3. The van der Waals surface area contributed by atoms with Crippen LogP contribution in [0.1, 0.15) is 44.9 Å². The van der Waals surface area contributed by atoms with E-state index in [4.69, 9.17) is 0 Å². The van der Waals surface area contributed by atoms with Gasteiger partial charge in [0.15, 0.2) is 0 Å². The Morgan fingerprint density at radius 1 is 1.21 bits per heavy atom. The van der Waals surface area contributed by atoms with Gasteiger partial charge in [-0.3, -0.25) is 4.79 Å². The second-order valence-electron chi connectivity index (χ2n) is 6.60. The highest BCUT2D eigenvalue weighted by atomic mass is 16.2. The molecule has 0 aromatic carbocycles. The van der Waals surface area contributed by atoms with Crippen molar-refractivity contribution in [2.45, 2.75) is 63.1 Å². The van der Waals surface area contributed by atoms with E-state index >= 15 is 0 Å². The summed E-state index contributed by atoms with van der Waals surface area (Å²) in [5, 5.41) is 7.50. The van der Waals surface area contributed by atoms with E-state index in [0.717, 1.165) is 12.5 Å². The Balaban J connectivity index is 1.56. The Hall–Kier alpha value is -0.610.